The first-order valence-electron chi connectivity index (χ1n) is 4.96. The van der Waals surface area contributed by atoms with Crippen LogP contribution < -0.4 is 5.32 Å². The molecule has 0 aliphatic heterocycles. The fraction of sp³-hybridized carbons (Fsp3) is 0.273. The second kappa shape index (κ2) is 4.65. The number of hydrogen-bond acceptors (Lipinski definition) is 5. The third-order valence-corrected chi connectivity index (χ3v) is 2.13. The Morgan fingerprint density at radius 2 is 2.31 bits per heavy atom. The summed E-state index contributed by atoms with van der Waals surface area (Å²) >= 11 is 0. The van der Waals surface area contributed by atoms with E-state index in [0.717, 1.165) is 11.1 Å². The Hall–Kier alpha value is -2.04. The number of aromatic nitrogens is 1. The molecule has 1 heterocycles. The second-order valence-corrected chi connectivity index (χ2v) is 3.24. The van der Waals surface area contributed by atoms with Gasteiger partial charge in [0.25, 0.3) is 6.01 Å². The van der Waals surface area contributed by atoms with Gasteiger partial charge >= 0.3 is 5.97 Å². The van der Waals surface area contributed by atoms with E-state index in [1.165, 1.54) is 7.11 Å². The lowest BCUT2D eigenvalue weighted by Gasteiger charge is -1.99. The number of rotatable bonds is 4. The Balaban J connectivity index is 1.97. The summed E-state index contributed by atoms with van der Waals surface area (Å²) in [5.41, 5.74) is 1.52. The number of esters is 1. The Labute approximate surface area is 92.4 Å². The van der Waals surface area contributed by atoms with Crippen LogP contribution in [0, 0.1) is 0 Å². The molecule has 0 atom stereocenters. The number of carbonyl (C=O) groups excluding carboxylic acids is 1. The topological polar surface area (TPSA) is 64.4 Å². The van der Waals surface area contributed by atoms with Gasteiger partial charge in [-0.1, -0.05) is 12.1 Å². The Kier molecular flexibility index (Phi) is 3.05. The number of methoxy groups -OCH3 is 1. The number of oxazole rings is 1. The van der Waals surface area contributed by atoms with Crippen LogP contribution in [0.25, 0.3) is 11.1 Å². The summed E-state index contributed by atoms with van der Waals surface area (Å²) in [6.07, 6.45) is 0.287. The van der Waals surface area contributed by atoms with Gasteiger partial charge in [-0.25, -0.2) is 0 Å². The van der Waals surface area contributed by atoms with Crippen molar-refractivity contribution in [1.82, 2.24) is 4.98 Å². The molecule has 0 saturated carbocycles. The summed E-state index contributed by atoms with van der Waals surface area (Å²) in [5, 5.41) is 2.92. The van der Waals surface area contributed by atoms with Gasteiger partial charge in [0.1, 0.15) is 5.52 Å². The molecule has 2 aromatic rings. The number of carbonyl (C=O) groups is 1. The SMILES string of the molecule is COC(=O)CCNc1nc2ccccc2o1. The number of fused-ring (bicyclic) bond motifs is 1. The molecule has 16 heavy (non-hydrogen) atoms. The molecule has 1 aromatic carbocycles. The lowest BCUT2D eigenvalue weighted by atomic mass is 10.3. The van der Waals surface area contributed by atoms with Crippen LogP contribution >= 0.6 is 0 Å². The molecule has 0 aliphatic rings. The molecule has 0 fully saturated rings. The zero-order chi connectivity index (χ0) is 11.4. The van der Waals surface area contributed by atoms with Gasteiger partial charge in [0.15, 0.2) is 5.58 Å². The minimum atomic E-state index is -0.261. The van der Waals surface area contributed by atoms with Crippen molar-refractivity contribution in [2.45, 2.75) is 6.42 Å². The average Bonchev–Trinajstić information content (AvgIpc) is 2.71. The van der Waals surface area contributed by atoms with E-state index in [0.29, 0.717) is 12.6 Å². The molecule has 2 rings (SSSR count). The quantitative estimate of drug-likeness (QED) is 0.796. The average molecular weight is 220 g/mol. The minimum Gasteiger partial charge on any atom is -0.469 e. The van der Waals surface area contributed by atoms with Crippen molar-refractivity contribution in [2.75, 3.05) is 19.0 Å². The predicted octanol–water partition coefficient (Wildman–Crippen LogP) is 1.80. The molecule has 0 spiro atoms. The highest BCUT2D eigenvalue weighted by molar-refractivity contribution is 5.74. The predicted molar refractivity (Wildman–Crippen MR) is 59.1 cm³/mol. The Bertz CT molecular complexity index is 460. The number of nitrogens with zero attached hydrogens (tertiary/aromatic N) is 1. The van der Waals surface area contributed by atoms with E-state index < -0.39 is 0 Å². The van der Waals surface area contributed by atoms with E-state index in [4.69, 9.17) is 4.42 Å². The van der Waals surface area contributed by atoms with Gasteiger partial charge in [0.05, 0.1) is 13.5 Å². The molecular formula is C11H12N2O3. The standard InChI is InChI=1S/C11H12N2O3/c1-15-10(14)6-7-12-11-13-8-4-2-3-5-9(8)16-11/h2-5H,6-7H2,1H3,(H,12,13). The molecule has 0 bridgehead atoms. The van der Waals surface area contributed by atoms with E-state index >= 15 is 0 Å². The molecule has 1 N–H and O–H groups in total. The third kappa shape index (κ3) is 2.31. The first-order valence-corrected chi connectivity index (χ1v) is 4.96. The lowest BCUT2D eigenvalue weighted by molar-refractivity contribution is -0.140. The van der Waals surface area contributed by atoms with E-state index in [1.54, 1.807) is 0 Å². The lowest BCUT2D eigenvalue weighted by Crippen LogP contribution is -2.09. The van der Waals surface area contributed by atoms with Crippen molar-refractivity contribution >= 4 is 23.1 Å². The van der Waals surface area contributed by atoms with Gasteiger partial charge in [0, 0.05) is 6.54 Å². The first kappa shape index (κ1) is 10.5. The summed E-state index contributed by atoms with van der Waals surface area (Å²) in [4.78, 5) is 15.1. The number of nitrogens with one attached hydrogen (secondary N) is 1. The van der Waals surface area contributed by atoms with Crippen molar-refractivity contribution in [1.29, 1.82) is 0 Å². The molecule has 0 amide bonds. The maximum Gasteiger partial charge on any atom is 0.307 e. The molecule has 0 unspecified atom stereocenters. The highest BCUT2D eigenvalue weighted by Gasteiger charge is 2.05. The monoisotopic (exact) mass is 220 g/mol. The minimum absolute atomic E-state index is 0.261. The van der Waals surface area contributed by atoms with Gasteiger partial charge < -0.3 is 14.5 Å². The van der Waals surface area contributed by atoms with Crippen molar-refractivity contribution in [3.8, 4) is 0 Å². The van der Waals surface area contributed by atoms with Gasteiger partial charge in [-0.05, 0) is 12.1 Å². The highest BCUT2D eigenvalue weighted by Crippen LogP contribution is 2.17. The molecule has 84 valence electrons. The normalized spacial score (nSPS) is 10.3. The summed E-state index contributed by atoms with van der Waals surface area (Å²) in [7, 11) is 1.36. The van der Waals surface area contributed by atoms with Gasteiger partial charge in [-0.2, -0.15) is 4.98 Å². The fourth-order valence-electron chi connectivity index (χ4n) is 1.32. The zero-order valence-corrected chi connectivity index (χ0v) is 8.90. The van der Waals surface area contributed by atoms with Crippen LogP contribution in [0.3, 0.4) is 0 Å². The molecule has 0 aliphatic carbocycles. The van der Waals surface area contributed by atoms with Crippen molar-refractivity contribution in [2.24, 2.45) is 0 Å². The molecule has 5 nitrogen and oxygen atoms in total. The van der Waals surface area contributed by atoms with Gasteiger partial charge in [0.2, 0.25) is 0 Å². The number of anilines is 1. The van der Waals surface area contributed by atoms with Crippen LogP contribution in [0.15, 0.2) is 28.7 Å². The summed E-state index contributed by atoms with van der Waals surface area (Å²) in [6.45, 7) is 0.444. The Morgan fingerprint density at radius 3 is 3.06 bits per heavy atom. The number of para-hydroxylation sites is 2. The van der Waals surface area contributed by atoms with Crippen LogP contribution in [-0.4, -0.2) is 24.6 Å². The van der Waals surface area contributed by atoms with E-state index in [1.807, 2.05) is 24.3 Å². The first-order chi connectivity index (χ1) is 7.79. The second-order valence-electron chi connectivity index (χ2n) is 3.24. The largest absolute Gasteiger partial charge is 0.469 e. The number of hydrogen-bond donors (Lipinski definition) is 1. The van der Waals surface area contributed by atoms with Crippen LogP contribution in [0.5, 0.6) is 0 Å². The van der Waals surface area contributed by atoms with E-state index in [9.17, 15) is 4.79 Å². The van der Waals surface area contributed by atoms with Crippen LogP contribution in [0.4, 0.5) is 6.01 Å². The van der Waals surface area contributed by atoms with Crippen molar-refractivity contribution in [3.63, 3.8) is 0 Å². The van der Waals surface area contributed by atoms with Crippen molar-refractivity contribution in [3.05, 3.63) is 24.3 Å². The van der Waals surface area contributed by atoms with Gasteiger partial charge in [-0.3, -0.25) is 4.79 Å². The zero-order valence-electron chi connectivity index (χ0n) is 8.90. The molecule has 1 aromatic heterocycles. The highest BCUT2D eigenvalue weighted by atomic mass is 16.5. The third-order valence-electron chi connectivity index (χ3n) is 2.13. The molecule has 0 radical (unpaired) electrons. The van der Waals surface area contributed by atoms with Crippen molar-refractivity contribution < 1.29 is 13.9 Å². The van der Waals surface area contributed by atoms with E-state index in [-0.39, 0.29) is 12.4 Å². The maximum absolute atomic E-state index is 10.9. The van der Waals surface area contributed by atoms with Gasteiger partial charge in [-0.15, -0.1) is 0 Å². The molecule has 5 heteroatoms. The summed E-state index contributed by atoms with van der Waals surface area (Å²) in [6, 6.07) is 7.90. The van der Waals surface area contributed by atoms with Crippen LogP contribution in [0.2, 0.25) is 0 Å². The number of ether oxygens (including phenoxy) is 1. The van der Waals surface area contributed by atoms with Crippen LogP contribution in [0.1, 0.15) is 6.42 Å². The Morgan fingerprint density at radius 1 is 1.50 bits per heavy atom. The molecular weight excluding hydrogens is 208 g/mol. The van der Waals surface area contributed by atoms with E-state index in [2.05, 4.69) is 15.0 Å². The number of benzene rings is 1. The fourth-order valence-corrected chi connectivity index (χ4v) is 1.32. The smallest absolute Gasteiger partial charge is 0.307 e. The maximum atomic E-state index is 10.9. The van der Waals surface area contributed by atoms with Crippen LogP contribution in [-0.2, 0) is 9.53 Å². The summed E-state index contributed by atoms with van der Waals surface area (Å²) in [5.74, 6) is -0.261. The molecule has 0 saturated heterocycles. The summed E-state index contributed by atoms with van der Waals surface area (Å²) < 4.78 is 9.93.